The van der Waals surface area contributed by atoms with Crippen molar-refractivity contribution in [3.63, 3.8) is 0 Å². The summed E-state index contributed by atoms with van der Waals surface area (Å²) in [5, 5.41) is 12.7. The number of aromatic hydroxyl groups is 1. The molecule has 1 amide bonds. The highest BCUT2D eigenvalue weighted by molar-refractivity contribution is 14.1. The van der Waals surface area contributed by atoms with Crippen molar-refractivity contribution in [2.45, 2.75) is 0 Å². The minimum atomic E-state index is -0.312. The van der Waals surface area contributed by atoms with Crippen molar-refractivity contribution in [3.05, 3.63) is 52.7 Å². The molecule has 2 aromatic rings. The first kappa shape index (κ1) is 15.3. The number of carbonyl (C=O) groups excluding carboxylic acids is 1. The van der Waals surface area contributed by atoms with Crippen LogP contribution in [0.15, 0.2) is 36.4 Å². The fourth-order valence-electron chi connectivity index (χ4n) is 1.47. The summed E-state index contributed by atoms with van der Waals surface area (Å²) in [4.78, 5) is 12.1. The van der Waals surface area contributed by atoms with E-state index >= 15 is 0 Å². The van der Waals surface area contributed by atoms with E-state index in [1.165, 1.54) is 0 Å². The van der Waals surface area contributed by atoms with Crippen molar-refractivity contribution in [3.8, 4) is 5.75 Å². The van der Waals surface area contributed by atoms with Crippen molar-refractivity contribution in [2.24, 2.45) is 0 Å². The van der Waals surface area contributed by atoms with E-state index in [4.69, 9.17) is 0 Å². The Bertz CT molecular complexity index is 644. The molecule has 0 saturated carbocycles. The standard InChI is InChI=1S/C13H8I3NO2/c14-9-5-4-7(6-11(9)16)17-13(19)8-2-1-3-10(15)12(8)18/h1-6,18H,(H,17,19). The lowest BCUT2D eigenvalue weighted by Gasteiger charge is -2.08. The Morgan fingerprint density at radius 2 is 1.74 bits per heavy atom. The van der Waals surface area contributed by atoms with E-state index in [1.54, 1.807) is 18.2 Å². The molecule has 2 N–H and O–H groups in total. The van der Waals surface area contributed by atoms with Crippen molar-refractivity contribution >= 4 is 79.4 Å². The van der Waals surface area contributed by atoms with Crippen LogP contribution in [0.25, 0.3) is 0 Å². The molecule has 0 radical (unpaired) electrons. The Morgan fingerprint density at radius 3 is 2.42 bits per heavy atom. The summed E-state index contributed by atoms with van der Waals surface area (Å²) in [6, 6.07) is 10.8. The molecule has 2 aromatic carbocycles. The normalized spacial score (nSPS) is 10.3. The van der Waals surface area contributed by atoms with Crippen molar-refractivity contribution < 1.29 is 9.90 Å². The van der Waals surface area contributed by atoms with Gasteiger partial charge in [0.2, 0.25) is 0 Å². The molecule has 0 fully saturated rings. The number of anilines is 1. The van der Waals surface area contributed by atoms with Crippen LogP contribution >= 0.6 is 67.8 Å². The third-order valence-corrected chi connectivity index (χ3v) is 6.14. The van der Waals surface area contributed by atoms with Crippen LogP contribution in [0.1, 0.15) is 10.4 Å². The molecule has 0 saturated heterocycles. The summed E-state index contributed by atoms with van der Waals surface area (Å²) in [5.74, 6) is -0.297. The maximum atomic E-state index is 12.1. The predicted octanol–water partition coefficient (Wildman–Crippen LogP) is 4.46. The number of para-hydroxylation sites is 1. The van der Waals surface area contributed by atoms with Crippen LogP contribution in [-0.4, -0.2) is 11.0 Å². The fourth-order valence-corrected chi connectivity index (χ4v) is 2.82. The number of carbonyl (C=O) groups is 1. The summed E-state index contributed by atoms with van der Waals surface area (Å²) >= 11 is 6.44. The molecule has 0 unspecified atom stereocenters. The van der Waals surface area contributed by atoms with Crippen LogP contribution in [0.4, 0.5) is 5.69 Å². The minimum absolute atomic E-state index is 0.0146. The van der Waals surface area contributed by atoms with E-state index in [-0.39, 0.29) is 17.2 Å². The molecule has 6 heteroatoms. The number of halogens is 3. The summed E-state index contributed by atoms with van der Waals surface area (Å²) < 4.78 is 2.86. The monoisotopic (exact) mass is 591 g/mol. The van der Waals surface area contributed by atoms with E-state index in [2.05, 4.69) is 50.5 Å². The second-order valence-electron chi connectivity index (χ2n) is 3.72. The number of hydrogen-bond donors (Lipinski definition) is 2. The quantitative estimate of drug-likeness (QED) is 0.508. The van der Waals surface area contributed by atoms with Gasteiger partial charge in [0.25, 0.3) is 5.91 Å². The van der Waals surface area contributed by atoms with Crippen LogP contribution in [0.3, 0.4) is 0 Å². The average Bonchev–Trinajstić information content (AvgIpc) is 2.37. The average molecular weight is 591 g/mol. The second-order valence-corrected chi connectivity index (χ2v) is 7.21. The van der Waals surface area contributed by atoms with E-state index in [0.29, 0.717) is 9.26 Å². The Hall–Kier alpha value is -0.100. The van der Waals surface area contributed by atoms with Gasteiger partial charge in [-0.15, -0.1) is 0 Å². The van der Waals surface area contributed by atoms with Gasteiger partial charge in [0.15, 0.2) is 0 Å². The lowest BCUT2D eigenvalue weighted by molar-refractivity contribution is 0.102. The molecule has 0 atom stereocenters. The summed E-state index contributed by atoms with van der Waals surface area (Å²) in [7, 11) is 0. The first-order chi connectivity index (χ1) is 8.99. The Morgan fingerprint density at radius 1 is 1.00 bits per heavy atom. The lowest BCUT2D eigenvalue weighted by Crippen LogP contribution is -2.12. The number of phenols is 1. The zero-order valence-electron chi connectivity index (χ0n) is 9.45. The highest BCUT2D eigenvalue weighted by atomic mass is 127. The third-order valence-electron chi connectivity index (χ3n) is 2.41. The molecule has 0 aliphatic rings. The Kier molecular flexibility index (Phi) is 5.29. The smallest absolute Gasteiger partial charge is 0.259 e. The minimum Gasteiger partial charge on any atom is -0.506 e. The molecule has 0 aliphatic heterocycles. The molecule has 0 spiro atoms. The molecule has 3 nitrogen and oxygen atoms in total. The van der Waals surface area contributed by atoms with Gasteiger partial charge in [-0.05, 0) is 98.1 Å². The van der Waals surface area contributed by atoms with Crippen molar-refractivity contribution in [1.29, 1.82) is 0 Å². The van der Waals surface area contributed by atoms with Crippen molar-refractivity contribution in [1.82, 2.24) is 0 Å². The number of phenolic OH excluding ortho intramolecular Hbond substituents is 1. The molecule has 0 aromatic heterocycles. The lowest BCUT2D eigenvalue weighted by atomic mass is 10.2. The zero-order chi connectivity index (χ0) is 14.0. The van der Waals surface area contributed by atoms with Gasteiger partial charge in [0.05, 0.1) is 9.13 Å². The van der Waals surface area contributed by atoms with Crippen LogP contribution in [0.5, 0.6) is 5.75 Å². The van der Waals surface area contributed by atoms with Crippen LogP contribution in [0, 0.1) is 10.7 Å². The SMILES string of the molecule is O=C(Nc1ccc(I)c(I)c1)c1cccc(I)c1O. The Balaban J connectivity index is 2.26. The Labute approximate surface area is 151 Å². The van der Waals surface area contributed by atoms with Gasteiger partial charge < -0.3 is 10.4 Å². The van der Waals surface area contributed by atoms with Crippen LogP contribution in [0.2, 0.25) is 0 Å². The number of nitrogens with one attached hydrogen (secondary N) is 1. The highest BCUT2D eigenvalue weighted by Crippen LogP contribution is 2.25. The third kappa shape index (κ3) is 3.72. The molecular formula is C13H8I3NO2. The maximum absolute atomic E-state index is 12.1. The first-order valence-electron chi connectivity index (χ1n) is 5.23. The summed E-state index contributed by atoms with van der Waals surface area (Å²) in [6.07, 6.45) is 0. The van der Waals surface area contributed by atoms with E-state index in [0.717, 1.165) is 7.14 Å². The van der Waals surface area contributed by atoms with Gasteiger partial charge in [-0.1, -0.05) is 6.07 Å². The second kappa shape index (κ2) is 6.57. The molecule has 0 aliphatic carbocycles. The van der Waals surface area contributed by atoms with Gasteiger partial charge in [0, 0.05) is 12.8 Å². The molecule has 0 heterocycles. The van der Waals surface area contributed by atoms with Crippen LogP contribution in [-0.2, 0) is 0 Å². The van der Waals surface area contributed by atoms with E-state index < -0.39 is 0 Å². The largest absolute Gasteiger partial charge is 0.506 e. The van der Waals surface area contributed by atoms with Crippen molar-refractivity contribution in [2.75, 3.05) is 5.32 Å². The number of rotatable bonds is 2. The predicted molar refractivity (Wildman–Crippen MR) is 101 cm³/mol. The fraction of sp³-hybridized carbons (Fsp3) is 0. The molecule has 2 rings (SSSR count). The van der Waals surface area contributed by atoms with Gasteiger partial charge in [-0.25, -0.2) is 0 Å². The van der Waals surface area contributed by atoms with Gasteiger partial charge in [0.1, 0.15) is 5.75 Å². The summed E-state index contributed by atoms with van der Waals surface area (Å²) in [5.41, 5.74) is 0.994. The molecule has 0 bridgehead atoms. The van der Waals surface area contributed by atoms with Crippen LogP contribution < -0.4 is 5.32 Å². The number of benzene rings is 2. The summed E-state index contributed by atoms with van der Waals surface area (Å²) in [6.45, 7) is 0. The van der Waals surface area contributed by atoms with Gasteiger partial charge in [-0.2, -0.15) is 0 Å². The molecule has 98 valence electrons. The maximum Gasteiger partial charge on any atom is 0.259 e. The first-order valence-corrected chi connectivity index (χ1v) is 8.46. The van der Waals surface area contributed by atoms with Gasteiger partial charge >= 0.3 is 0 Å². The highest BCUT2D eigenvalue weighted by Gasteiger charge is 2.13. The molecular weight excluding hydrogens is 583 g/mol. The number of amides is 1. The zero-order valence-corrected chi connectivity index (χ0v) is 15.9. The van der Waals surface area contributed by atoms with E-state index in [1.807, 2.05) is 40.8 Å². The molecule has 19 heavy (non-hydrogen) atoms. The van der Waals surface area contributed by atoms with Gasteiger partial charge in [-0.3, -0.25) is 4.79 Å². The van der Waals surface area contributed by atoms with E-state index in [9.17, 15) is 9.90 Å². The topological polar surface area (TPSA) is 49.3 Å². The number of hydrogen-bond acceptors (Lipinski definition) is 2.